The van der Waals surface area contributed by atoms with Gasteiger partial charge in [-0.2, -0.15) is 0 Å². The number of nitrogens with two attached hydrogens (primary N) is 1. The van der Waals surface area contributed by atoms with Gasteiger partial charge in [0.2, 0.25) is 0 Å². The van der Waals surface area contributed by atoms with Crippen molar-refractivity contribution < 1.29 is 9.53 Å². The first-order valence-corrected chi connectivity index (χ1v) is 7.71. The summed E-state index contributed by atoms with van der Waals surface area (Å²) >= 11 is 7.69. The fourth-order valence-corrected chi connectivity index (χ4v) is 3.25. The monoisotopic (exact) mass is 321 g/mol. The number of nitrogen functional groups attached to an aromatic ring is 1. The Bertz CT molecular complexity index is 673. The van der Waals surface area contributed by atoms with E-state index >= 15 is 0 Å². The first kappa shape index (κ1) is 15.7. The molecule has 0 aromatic heterocycles. The van der Waals surface area contributed by atoms with Crippen molar-refractivity contribution in [2.24, 2.45) is 0 Å². The molecule has 2 rings (SSSR count). The van der Waals surface area contributed by atoms with Crippen LogP contribution in [0.1, 0.15) is 22.8 Å². The van der Waals surface area contributed by atoms with E-state index in [9.17, 15) is 4.79 Å². The van der Waals surface area contributed by atoms with Gasteiger partial charge in [-0.05, 0) is 38.1 Å². The third-order valence-corrected chi connectivity index (χ3v) is 4.31. The molecule has 21 heavy (non-hydrogen) atoms. The van der Waals surface area contributed by atoms with E-state index in [1.165, 1.54) is 11.8 Å². The van der Waals surface area contributed by atoms with Gasteiger partial charge in [-0.15, -0.1) is 0 Å². The van der Waals surface area contributed by atoms with Crippen molar-refractivity contribution in [3.05, 3.63) is 52.5 Å². The van der Waals surface area contributed by atoms with Crippen LogP contribution in [0.3, 0.4) is 0 Å². The van der Waals surface area contributed by atoms with E-state index in [0.717, 1.165) is 10.5 Å². The van der Waals surface area contributed by atoms with E-state index in [0.29, 0.717) is 27.8 Å². The predicted molar refractivity (Wildman–Crippen MR) is 87.1 cm³/mol. The van der Waals surface area contributed by atoms with Crippen LogP contribution < -0.4 is 5.73 Å². The summed E-state index contributed by atoms with van der Waals surface area (Å²) in [6, 6.07) is 11.2. The molecule has 0 atom stereocenters. The Balaban J connectivity index is 2.44. The molecule has 0 aliphatic heterocycles. The van der Waals surface area contributed by atoms with Crippen molar-refractivity contribution in [2.75, 3.05) is 12.3 Å². The molecule has 0 fully saturated rings. The van der Waals surface area contributed by atoms with Crippen molar-refractivity contribution >= 4 is 35.0 Å². The minimum absolute atomic E-state index is 0.305. The largest absolute Gasteiger partial charge is 0.462 e. The molecular formula is C16H16ClNO2S. The lowest BCUT2D eigenvalue weighted by atomic mass is 10.2. The van der Waals surface area contributed by atoms with Gasteiger partial charge in [0.1, 0.15) is 0 Å². The lowest BCUT2D eigenvalue weighted by Crippen LogP contribution is -2.07. The molecule has 0 spiro atoms. The highest BCUT2D eigenvalue weighted by molar-refractivity contribution is 7.99. The van der Waals surface area contributed by atoms with Crippen molar-refractivity contribution in [3.63, 3.8) is 0 Å². The van der Waals surface area contributed by atoms with Gasteiger partial charge in [0.25, 0.3) is 0 Å². The number of aryl methyl sites for hydroxylation is 1. The molecule has 2 aromatic rings. The van der Waals surface area contributed by atoms with Gasteiger partial charge < -0.3 is 10.5 Å². The Kier molecular flexibility index (Phi) is 5.15. The fourth-order valence-electron chi connectivity index (χ4n) is 1.88. The van der Waals surface area contributed by atoms with Crippen molar-refractivity contribution in [1.82, 2.24) is 0 Å². The molecule has 0 radical (unpaired) electrons. The second kappa shape index (κ2) is 6.87. The average Bonchev–Trinajstić information content (AvgIpc) is 2.42. The molecule has 0 heterocycles. The molecule has 0 saturated heterocycles. The van der Waals surface area contributed by atoms with E-state index in [-0.39, 0.29) is 0 Å². The van der Waals surface area contributed by atoms with Gasteiger partial charge in [-0.25, -0.2) is 4.79 Å². The van der Waals surface area contributed by atoms with Gasteiger partial charge >= 0.3 is 5.97 Å². The van der Waals surface area contributed by atoms with Crippen LogP contribution in [0.15, 0.2) is 46.2 Å². The molecule has 2 N–H and O–H groups in total. The SMILES string of the molecule is CCOC(=O)c1cc(N)cc(Cl)c1Sc1cccc(C)c1. The minimum atomic E-state index is -0.415. The third kappa shape index (κ3) is 3.93. The molecule has 0 aliphatic rings. The zero-order chi connectivity index (χ0) is 15.4. The maximum absolute atomic E-state index is 12.1. The first-order chi connectivity index (χ1) is 10.0. The zero-order valence-corrected chi connectivity index (χ0v) is 13.4. The summed E-state index contributed by atoms with van der Waals surface area (Å²) in [6.07, 6.45) is 0. The highest BCUT2D eigenvalue weighted by atomic mass is 35.5. The third-order valence-electron chi connectivity index (χ3n) is 2.77. The molecule has 0 saturated carbocycles. The topological polar surface area (TPSA) is 52.3 Å². The normalized spacial score (nSPS) is 10.4. The van der Waals surface area contributed by atoms with E-state index in [1.807, 2.05) is 31.2 Å². The molecule has 3 nitrogen and oxygen atoms in total. The number of carbonyl (C=O) groups excluding carboxylic acids is 1. The summed E-state index contributed by atoms with van der Waals surface area (Å²) in [6.45, 7) is 4.08. The Morgan fingerprint density at radius 3 is 2.76 bits per heavy atom. The van der Waals surface area contributed by atoms with E-state index in [2.05, 4.69) is 0 Å². The summed E-state index contributed by atoms with van der Waals surface area (Å²) in [4.78, 5) is 13.7. The smallest absolute Gasteiger partial charge is 0.339 e. The van der Waals surface area contributed by atoms with Crippen LogP contribution in [0.5, 0.6) is 0 Å². The zero-order valence-electron chi connectivity index (χ0n) is 11.9. The maximum atomic E-state index is 12.1. The van der Waals surface area contributed by atoms with Gasteiger partial charge in [-0.1, -0.05) is 41.1 Å². The quantitative estimate of drug-likeness (QED) is 0.662. The highest BCUT2D eigenvalue weighted by Crippen LogP contribution is 2.38. The number of ether oxygens (including phenoxy) is 1. The number of hydrogen-bond donors (Lipinski definition) is 1. The Morgan fingerprint density at radius 2 is 2.10 bits per heavy atom. The van der Waals surface area contributed by atoms with Crippen molar-refractivity contribution in [3.8, 4) is 0 Å². The molecule has 5 heteroatoms. The number of esters is 1. The summed E-state index contributed by atoms with van der Waals surface area (Å²) in [5, 5.41) is 0.449. The number of hydrogen-bond acceptors (Lipinski definition) is 4. The number of anilines is 1. The van der Waals surface area contributed by atoms with E-state index < -0.39 is 5.97 Å². The maximum Gasteiger partial charge on any atom is 0.339 e. The summed E-state index contributed by atoms with van der Waals surface area (Å²) in [7, 11) is 0. The number of benzene rings is 2. The van der Waals surface area contributed by atoms with Crippen LogP contribution >= 0.6 is 23.4 Å². The Labute approximate surface area is 133 Å². The lowest BCUT2D eigenvalue weighted by Gasteiger charge is -2.12. The van der Waals surface area contributed by atoms with Gasteiger partial charge in [0, 0.05) is 15.5 Å². The van der Waals surface area contributed by atoms with E-state index in [1.54, 1.807) is 19.1 Å². The number of rotatable bonds is 4. The average molecular weight is 322 g/mol. The highest BCUT2D eigenvalue weighted by Gasteiger charge is 2.18. The van der Waals surface area contributed by atoms with Gasteiger partial charge in [0.15, 0.2) is 0 Å². The molecule has 110 valence electrons. The standard InChI is InChI=1S/C16H16ClNO2S/c1-3-20-16(19)13-8-11(18)9-14(17)15(13)21-12-6-4-5-10(2)7-12/h4-9H,3,18H2,1-2H3. The van der Waals surface area contributed by atoms with Gasteiger partial charge in [0.05, 0.1) is 17.2 Å². The number of carbonyl (C=O) groups is 1. The second-order valence-corrected chi connectivity index (χ2v) is 6.01. The summed E-state index contributed by atoms with van der Waals surface area (Å²) < 4.78 is 5.07. The predicted octanol–water partition coefficient (Wildman–Crippen LogP) is 4.56. The molecule has 0 amide bonds. The summed E-state index contributed by atoms with van der Waals surface area (Å²) in [5.74, 6) is -0.415. The van der Waals surface area contributed by atoms with Crippen LogP contribution in [0.25, 0.3) is 0 Å². The summed E-state index contributed by atoms with van der Waals surface area (Å²) in [5.41, 5.74) is 7.76. The fraction of sp³-hybridized carbons (Fsp3) is 0.188. The van der Waals surface area contributed by atoms with E-state index in [4.69, 9.17) is 22.1 Å². The van der Waals surface area contributed by atoms with Crippen molar-refractivity contribution in [1.29, 1.82) is 0 Å². The molecule has 2 aromatic carbocycles. The van der Waals surface area contributed by atoms with Crippen LogP contribution in [-0.4, -0.2) is 12.6 Å². The lowest BCUT2D eigenvalue weighted by molar-refractivity contribution is 0.0522. The molecular weight excluding hydrogens is 306 g/mol. The number of halogens is 1. The van der Waals surface area contributed by atoms with Crippen molar-refractivity contribution in [2.45, 2.75) is 23.6 Å². The van der Waals surface area contributed by atoms with Crippen LogP contribution in [-0.2, 0) is 4.74 Å². The minimum Gasteiger partial charge on any atom is -0.462 e. The first-order valence-electron chi connectivity index (χ1n) is 6.52. The van der Waals surface area contributed by atoms with Crippen LogP contribution in [0.4, 0.5) is 5.69 Å². The molecule has 0 aliphatic carbocycles. The molecule has 0 unspecified atom stereocenters. The van der Waals surface area contributed by atoms with Gasteiger partial charge in [-0.3, -0.25) is 0 Å². The van der Waals surface area contributed by atoms with Crippen LogP contribution in [0, 0.1) is 6.92 Å². The second-order valence-electron chi connectivity index (χ2n) is 4.52. The van der Waals surface area contributed by atoms with Crippen LogP contribution in [0.2, 0.25) is 5.02 Å². The Hall–Kier alpha value is -1.65. The Morgan fingerprint density at radius 1 is 1.33 bits per heavy atom. The molecule has 0 bridgehead atoms.